The van der Waals surface area contributed by atoms with E-state index in [1.165, 1.54) is 0 Å². The summed E-state index contributed by atoms with van der Waals surface area (Å²) in [4.78, 5) is 0. The Kier molecular flexibility index (Phi) is 2.29. The summed E-state index contributed by atoms with van der Waals surface area (Å²) in [5, 5.41) is 0. The molecule has 0 unspecified atom stereocenters. The normalized spacial score (nSPS) is 8.80. The molecule has 0 saturated carbocycles. The molecule has 0 amide bonds. The summed E-state index contributed by atoms with van der Waals surface area (Å²) in [5.74, 6) is 4.31. The van der Waals surface area contributed by atoms with E-state index in [2.05, 4.69) is 10.3 Å². The summed E-state index contributed by atoms with van der Waals surface area (Å²) in [5.41, 5.74) is 0. The zero-order chi connectivity index (χ0) is 4.28. The molecule has 0 atom stereocenters. The molecule has 0 fully saturated rings. The van der Waals surface area contributed by atoms with Gasteiger partial charge < -0.3 is 0 Å². The van der Waals surface area contributed by atoms with Gasteiger partial charge in [0.2, 0.25) is 0 Å². The smallest absolute Gasteiger partial charge is 0.188 e. The van der Waals surface area contributed by atoms with Crippen LogP contribution in [0.3, 0.4) is 0 Å². The fourth-order valence-electron chi connectivity index (χ4n) is 0. The molecule has 32 valence electrons. The first-order valence-electron chi connectivity index (χ1n) is 0.806. The molecule has 0 radical (unpaired) electrons. The van der Waals surface area contributed by atoms with Crippen LogP contribution in [0.5, 0.6) is 0 Å². The molecule has 4 nitrogen and oxygen atoms in total. The Morgan fingerprint density at radius 2 is 1.80 bits per heavy atom. The van der Waals surface area contributed by atoms with Crippen LogP contribution in [0.1, 0.15) is 0 Å². The number of hydrogen-bond donors (Lipinski definition) is 3. The van der Waals surface area contributed by atoms with Gasteiger partial charge >= 0.3 is 0 Å². The molecule has 0 spiro atoms. The Hall–Kier alpha value is 0.0300. The molecule has 0 aliphatic rings. The Morgan fingerprint density at radius 3 is 1.80 bits per heavy atom. The second-order valence-corrected chi connectivity index (χ2v) is 1.05. The van der Waals surface area contributed by atoms with Gasteiger partial charge in [-0.2, -0.15) is 0 Å². The highest BCUT2D eigenvalue weighted by Gasteiger charge is 1.63. The van der Waals surface area contributed by atoms with Gasteiger partial charge in [0.15, 0.2) is 11.3 Å². The van der Waals surface area contributed by atoms with Gasteiger partial charge in [-0.1, -0.05) is 0 Å². The van der Waals surface area contributed by atoms with Gasteiger partial charge in [-0.15, -0.1) is 4.47 Å². The summed E-state index contributed by atoms with van der Waals surface area (Å²) in [7, 11) is 0. The average Bonchev–Trinajstić information content (AvgIpc) is 1.38. The molecular weight excluding hydrogens is 92.1 g/mol. The standard InChI is InChI=1S/H4N2O2S/c1-2-5(3)4/h1H2,(H2,2,3,4). The lowest BCUT2D eigenvalue weighted by molar-refractivity contribution is 0.516. The van der Waals surface area contributed by atoms with Crippen molar-refractivity contribution < 1.29 is 9.11 Å². The van der Waals surface area contributed by atoms with Crippen LogP contribution in [-0.2, 0) is 11.3 Å². The highest BCUT2D eigenvalue weighted by molar-refractivity contribution is 7.75. The molecule has 0 aliphatic heterocycles. The number of nitrogens with zero attached hydrogens (tertiary/aromatic N) is 1. The van der Waals surface area contributed by atoms with E-state index < -0.39 is 11.3 Å². The van der Waals surface area contributed by atoms with E-state index in [1.807, 2.05) is 0 Å². The van der Waals surface area contributed by atoms with Crippen molar-refractivity contribution in [1.29, 1.82) is 0 Å². The maximum atomic E-state index is 7.65. The van der Waals surface area contributed by atoms with E-state index in [9.17, 15) is 0 Å². The quantitative estimate of drug-likeness (QED) is 0.284. The van der Waals surface area contributed by atoms with Crippen molar-refractivity contribution in [2.24, 2.45) is 10.3 Å². The maximum absolute atomic E-state index is 7.65. The monoisotopic (exact) mass is 96.0 g/mol. The van der Waals surface area contributed by atoms with Crippen LogP contribution in [0, 0.1) is 0 Å². The minimum Gasteiger partial charge on any atom is -0.299 e. The fraction of sp³-hybridized carbons (Fsp3) is 0. The summed E-state index contributed by atoms with van der Waals surface area (Å²) in [6, 6.07) is 0. The third kappa shape index (κ3) is 4.03. The third-order valence-electron chi connectivity index (χ3n) is 0.0943. The van der Waals surface area contributed by atoms with E-state index in [0.717, 1.165) is 0 Å². The van der Waals surface area contributed by atoms with Gasteiger partial charge in [-0.05, 0) is 0 Å². The van der Waals surface area contributed by atoms with Crippen molar-refractivity contribution in [2.45, 2.75) is 0 Å². The molecular formula is H4N2O2S. The number of rotatable bonds is 0. The molecule has 0 saturated heterocycles. The number of nitrogens with two attached hydrogens (primary N) is 1. The van der Waals surface area contributed by atoms with Crippen LogP contribution >= 0.6 is 0 Å². The Labute approximate surface area is 31.7 Å². The van der Waals surface area contributed by atoms with E-state index >= 15 is 0 Å². The second kappa shape index (κ2) is 2.28. The lowest BCUT2D eigenvalue weighted by atomic mass is 13.0. The predicted octanol–water partition coefficient (Wildman–Crippen LogP) is -0.392. The Morgan fingerprint density at radius 1 is 1.60 bits per heavy atom. The largest absolute Gasteiger partial charge is 0.299 e. The van der Waals surface area contributed by atoms with Crippen LogP contribution in [0.2, 0.25) is 0 Å². The predicted molar refractivity (Wildman–Crippen MR) is 19.2 cm³/mol. The maximum Gasteiger partial charge on any atom is 0.188 e. The molecule has 0 heterocycles. The topological polar surface area (TPSA) is 78.8 Å². The van der Waals surface area contributed by atoms with Crippen LogP contribution < -0.4 is 5.84 Å². The molecule has 0 bridgehead atoms. The van der Waals surface area contributed by atoms with Crippen molar-refractivity contribution in [1.82, 2.24) is 0 Å². The van der Waals surface area contributed by atoms with Crippen molar-refractivity contribution >= 4 is 11.3 Å². The van der Waals surface area contributed by atoms with Crippen molar-refractivity contribution in [2.75, 3.05) is 0 Å². The van der Waals surface area contributed by atoms with Gasteiger partial charge in [-0.3, -0.25) is 9.11 Å². The average molecular weight is 96.1 g/mol. The molecule has 4 N–H and O–H groups in total. The molecule has 0 rings (SSSR count). The summed E-state index contributed by atoms with van der Waals surface area (Å²) in [6.45, 7) is 0. The minimum absolute atomic E-state index is 1.92. The van der Waals surface area contributed by atoms with Gasteiger partial charge in [0, 0.05) is 0 Å². The van der Waals surface area contributed by atoms with Crippen LogP contribution in [0.4, 0.5) is 0 Å². The van der Waals surface area contributed by atoms with Gasteiger partial charge in [0.05, 0.1) is 0 Å². The first kappa shape index (κ1) is 5.03. The van der Waals surface area contributed by atoms with Gasteiger partial charge in [0.1, 0.15) is 0 Å². The van der Waals surface area contributed by atoms with E-state index in [1.54, 1.807) is 0 Å². The second-order valence-electron chi connectivity index (χ2n) is 0.350. The van der Waals surface area contributed by atoms with E-state index in [-0.39, 0.29) is 0 Å². The summed E-state index contributed by atoms with van der Waals surface area (Å²) >= 11 is -1.92. The SMILES string of the molecule is NN=S(O)O. The summed E-state index contributed by atoms with van der Waals surface area (Å²) < 4.78 is 17.8. The first-order valence-corrected chi connectivity index (χ1v) is 1.90. The fourth-order valence-corrected chi connectivity index (χ4v) is 0. The Balaban J connectivity index is 3.14. The molecule has 0 aromatic carbocycles. The lowest BCUT2D eigenvalue weighted by Crippen LogP contribution is -1.86. The van der Waals surface area contributed by atoms with Crippen LogP contribution in [-0.4, -0.2) is 9.11 Å². The highest BCUT2D eigenvalue weighted by Crippen LogP contribution is 1.57. The van der Waals surface area contributed by atoms with Crippen LogP contribution in [0.25, 0.3) is 0 Å². The van der Waals surface area contributed by atoms with Crippen LogP contribution in [0.15, 0.2) is 4.47 Å². The van der Waals surface area contributed by atoms with Gasteiger partial charge in [-0.25, -0.2) is 5.84 Å². The zero-order valence-electron chi connectivity index (χ0n) is 2.33. The van der Waals surface area contributed by atoms with Gasteiger partial charge in [0.25, 0.3) is 0 Å². The molecule has 0 aromatic rings. The first-order chi connectivity index (χ1) is 2.27. The molecule has 5 heteroatoms. The Bertz CT molecular complexity index is 45.6. The number of hydrogen-bond acceptors (Lipinski definition) is 1. The summed E-state index contributed by atoms with van der Waals surface area (Å²) in [6.07, 6.45) is 0. The van der Waals surface area contributed by atoms with E-state index in [4.69, 9.17) is 9.11 Å². The lowest BCUT2D eigenvalue weighted by Gasteiger charge is -1.73. The minimum atomic E-state index is -1.92. The molecule has 0 aliphatic carbocycles. The molecule has 0 aromatic heterocycles. The third-order valence-corrected chi connectivity index (χ3v) is 0.283. The highest BCUT2D eigenvalue weighted by atomic mass is 32.2. The molecule has 5 heavy (non-hydrogen) atoms. The van der Waals surface area contributed by atoms with Crippen molar-refractivity contribution in [3.63, 3.8) is 0 Å². The van der Waals surface area contributed by atoms with Crippen molar-refractivity contribution in [3.05, 3.63) is 0 Å². The van der Waals surface area contributed by atoms with Crippen molar-refractivity contribution in [3.8, 4) is 0 Å². The van der Waals surface area contributed by atoms with E-state index in [0.29, 0.717) is 0 Å². The zero-order valence-corrected chi connectivity index (χ0v) is 3.14.